The fraction of sp³-hybridized carbons (Fsp3) is 0.500. The maximum absolute atomic E-state index is 12.5. The quantitative estimate of drug-likeness (QED) is 0.666. The van der Waals surface area contributed by atoms with Crippen LogP contribution in [-0.2, 0) is 16.6 Å². The van der Waals surface area contributed by atoms with Crippen molar-refractivity contribution in [2.75, 3.05) is 13.2 Å². The molecule has 7 heteroatoms. The Bertz CT molecular complexity index is 616. The fourth-order valence-electron chi connectivity index (χ4n) is 2.64. The van der Waals surface area contributed by atoms with Gasteiger partial charge in [0.05, 0.1) is 18.3 Å². The van der Waals surface area contributed by atoms with Gasteiger partial charge < -0.3 is 10.1 Å². The SMILES string of the molecule is Cc1nn(C)cc1/C=C1\NC(=S)N(CC2CCCO2)C1=O. The number of amides is 1. The number of nitrogens with zero attached hydrogens (tertiary/aromatic N) is 3. The lowest BCUT2D eigenvalue weighted by Crippen LogP contribution is -2.37. The Labute approximate surface area is 128 Å². The summed E-state index contributed by atoms with van der Waals surface area (Å²) >= 11 is 5.26. The number of hydrogen-bond acceptors (Lipinski definition) is 4. The van der Waals surface area contributed by atoms with Gasteiger partial charge in [0.1, 0.15) is 5.70 Å². The molecule has 1 amide bonds. The number of carbonyl (C=O) groups excluding carboxylic acids is 1. The number of hydrogen-bond donors (Lipinski definition) is 1. The van der Waals surface area contributed by atoms with Crippen molar-refractivity contribution < 1.29 is 9.53 Å². The third-order valence-electron chi connectivity index (χ3n) is 3.72. The molecule has 2 fully saturated rings. The molecular weight excluding hydrogens is 288 g/mol. The van der Waals surface area contributed by atoms with Crippen LogP contribution in [0.4, 0.5) is 0 Å². The second kappa shape index (κ2) is 5.57. The maximum Gasteiger partial charge on any atom is 0.276 e. The summed E-state index contributed by atoms with van der Waals surface area (Å²) in [5, 5.41) is 7.70. The van der Waals surface area contributed by atoms with E-state index in [9.17, 15) is 4.79 Å². The van der Waals surface area contributed by atoms with Gasteiger partial charge in [-0.05, 0) is 38.1 Å². The first-order valence-corrected chi connectivity index (χ1v) is 7.42. The Morgan fingerprint density at radius 1 is 1.62 bits per heavy atom. The normalized spacial score (nSPS) is 24.2. The van der Waals surface area contributed by atoms with E-state index in [-0.39, 0.29) is 12.0 Å². The van der Waals surface area contributed by atoms with Gasteiger partial charge in [-0.2, -0.15) is 5.10 Å². The summed E-state index contributed by atoms with van der Waals surface area (Å²) in [4.78, 5) is 14.0. The van der Waals surface area contributed by atoms with Crippen molar-refractivity contribution in [3.8, 4) is 0 Å². The summed E-state index contributed by atoms with van der Waals surface area (Å²) in [6.07, 6.45) is 5.79. The summed E-state index contributed by atoms with van der Waals surface area (Å²) in [7, 11) is 1.85. The lowest BCUT2D eigenvalue weighted by Gasteiger charge is -2.18. The van der Waals surface area contributed by atoms with Crippen LogP contribution in [0.25, 0.3) is 6.08 Å². The van der Waals surface area contributed by atoms with E-state index >= 15 is 0 Å². The van der Waals surface area contributed by atoms with Crippen LogP contribution < -0.4 is 5.32 Å². The molecule has 1 atom stereocenters. The van der Waals surface area contributed by atoms with Crippen LogP contribution in [0.5, 0.6) is 0 Å². The zero-order valence-electron chi connectivity index (χ0n) is 12.1. The minimum absolute atomic E-state index is 0.0909. The molecule has 0 radical (unpaired) electrons. The molecule has 0 spiro atoms. The van der Waals surface area contributed by atoms with Gasteiger partial charge in [0.25, 0.3) is 5.91 Å². The second-order valence-corrected chi connectivity index (χ2v) is 5.77. The van der Waals surface area contributed by atoms with E-state index in [0.717, 1.165) is 30.7 Å². The fourth-order valence-corrected chi connectivity index (χ4v) is 2.91. The highest BCUT2D eigenvalue weighted by Crippen LogP contribution is 2.19. The van der Waals surface area contributed by atoms with E-state index < -0.39 is 0 Å². The second-order valence-electron chi connectivity index (χ2n) is 5.38. The number of thiocarbonyl (C=S) groups is 1. The van der Waals surface area contributed by atoms with Crippen LogP contribution in [0.15, 0.2) is 11.9 Å². The molecule has 0 saturated carbocycles. The molecule has 0 bridgehead atoms. The molecule has 1 aromatic heterocycles. The predicted molar refractivity (Wildman–Crippen MR) is 82.3 cm³/mol. The molecule has 3 heterocycles. The highest BCUT2D eigenvalue weighted by atomic mass is 32.1. The number of aromatic nitrogens is 2. The lowest BCUT2D eigenvalue weighted by atomic mass is 10.2. The lowest BCUT2D eigenvalue weighted by molar-refractivity contribution is -0.123. The van der Waals surface area contributed by atoms with E-state index in [0.29, 0.717) is 17.4 Å². The minimum atomic E-state index is -0.0984. The molecule has 6 nitrogen and oxygen atoms in total. The van der Waals surface area contributed by atoms with Gasteiger partial charge in [0.15, 0.2) is 5.11 Å². The van der Waals surface area contributed by atoms with Gasteiger partial charge in [0, 0.05) is 25.4 Å². The van der Waals surface area contributed by atoms with Gasteiger partial charge in [-0.15, -0.1) is 0 Å². The van der Waals surface area contributed by atoms with Crippen molar-refractivity contribution in [1.29, 1.82) is 0 Å². The third kappa shape index (κ3) is 2.84. The summed E-state index contributed by atoms with van der Waals surface area (Å²) in [6.45, 7) is 3.20. The van der Waals surface area contributed by atoms with E-state index in [4.69, 9.17) is 17.0 Å². The van der Waals surface area contributed by atoms with Gasteiger partial charge >= 0.3 is 0 Å². The minimum Gasteiger partial charge on any atom is -0.376 e. The van der Waals surface area contributed by atoms with Crippen molar-refractivity contribution >= 4 is 29.3 Å². The summed E-state index contributed by atoms with van der Waals surface area (Å²) in [6, 6.07) is 0. The zero-order chi connectivity index (χ0) is 15.0. The van der Waals surface area contributed by atoms with Crippen LogP contribution in [0.3, 0.4) is 0 Å². The Kier molecular flexibility index (Phi) is 3.77. The van der Waals surface area contributed by atoms with Crippen molar-refractivity contribution in [2.45, 2.75) is 25.9 Å². The van der Waals surface area contributed by atoms with Gasteiger partial charge in [-0.25, -0.2) is 0 Å². The molecule has 3 rings (SSSR count). The monoisotopic (exact) mass is 306 g/mol. The number of ether oxygens (including phenoxy) is 1. The zero-order valence-corrected chi connectivity index (χ0v) is 12.9. The molecule has 21 heavy (non-hydrogen) atoms. The van der Waals surface area contributed by atoms with Gasteiger partial charge in [-0.3, -0.25) is 14.4 Å². The van der Waals surface area contributed by atoms with Crippen LogP contribution in [0, 0.1) is 6.92 Å². The number of carbonyl (C=O) groups is 1. The Morgan fingerprint density at radius 3 is 3.05 bits per heavy atom. The average Bonchev–Trinajstić information content (AvgIpc) is 3.10. The predicted octanol–water partition coefficient (Wildman–Crippen LogP) is 0.965. The third-order valence-corrected chi connectivity index (χ3v) is 4.05. The van der Waals surface area contributed by atoms with E-state index in [2.05, 4.69) is 10.4 Å². The van der Waals surface area contributed by atoms with E-state index in [1.54, 1.807) is 15.7 Å². The maximum atomic E-state index is 12.5. The average molecular weight is 306 g/mol. The van der Waals surface area contributed by atoms with Crippen LogP contribution in [0.1, 0.15) is 24.1 Å². The molecule has 2 saturated heterocycles. The topological polar surface area (TPSA) is 59.4 Å². The van der Waals surface area contributed by atoms with Crippen molar-refractivity contribution in [2.24, 2.45) is 7.05 Å². The highest BCUT2D eigenvalue weighted by Gasteiger charge is 2.33. The van der Waals surface area contributed by atoms with Crippen molar-refractivity contribution in [3.63, 3.8) is 0 Å². The van der Waals surface area contributed by atoms with E-state index in [1.807, 2.05) is 20.2 Å². The Morgan fingerprint density at radius 2 is 2.43 bits per heavy atom. The molecule has 0 aliphatic carbocycles. The standard InChI is InChI=1S/C14H18N4O2S/c1-9-10(7-17(2)16-9)6-12-13(19)18(14(21)15-12)8-11-4-3-5-20-11/h6-7,11H,3-5,8H2,1-2H3,(H,15,21)/b12-6-. The first-order valence-electron chi connectivity index (χ1n) is 7.01. The summed E-state index contributed by atoms with van der Waals surface area (Å²) in [5.74, 6) is -0.0984. The van der Waals surface area contributed by atoms with Crippen molar-refractivity contribution in [1.82, 2.24) is 20.0 Å². The molecule has 2 aliphatic rings. The summed E-state index contributed by atoms with van der Waals surface area (Å²) in [5.41, 5.74) is 2.28. The molecule has 1 N–H and O–H groups in total. The molecule has 1 unspecified atom stereocenters. The van der Waals surface area contributed by atoms with Crippen LogP contribution in [-0.4, -0.2) is 45.0 Å². The van der Waals surface area contributed by atoms with E-state index in [1.165, 1.54) is 0 Å². The number of rotatable bonds is 3. The van der Waals surface area contributed by atoms with Gasteiger partial charge in [-0.1, -0.05) is 0 Å². The Hall–Kier alpha value is -1.73. The molecule has 0 aromatic carbocycles. The molecular formula is C14H18N4O2S. The molecule has 1 aromatic rings. The smallest absolute Gasteiger partial charge is 0.276 e. The number of nitrogens with one attached hydrogen (secondary N) is 1. The largest absolute Gasteiger partial charge is 0.376 e. The molecule has 2 aliphatic heterocycles. The highest BCUT2D eigenvalue weighted by molar-refractivity contribution is 7.80. The molecule has 112 valence electrons. The van der Waals surface area contributed by atoms with Crippen molar-refractivity contribution in [3.05, 3.63) is 23.2 Å². The summed E-state index contributed by atoms with van der Waals surface area (Å²) < 4.78 is 7.30. The number of aryl methyl sites for hydroxylation is 2. The van der Waals surface area contributed by atoms with Crippen LogP contribution >= 0.6 is 12.2 Å². The first kappa shape index (κ1) is 14.2. The first-order chi connectivity index (χ1) is 10.0. The Balaban J connectivity index is 1.77. The van der Waals surface area contributed by atoms with Gasteiger partial charge in [0.2, 0.25) is 0 Å². The van der Waals surface area contributed by atoms with Crippen LogP contribution in [0.2, 0.25) is 0 Å².